The van der Waals surface area contributed by atoms with E-state index in [9.17, 15) is 0 Å². The summed E-state index contributed by atoms with van der Waals surface area (Å²) in [5, 5.41) is 4.19. The number of halogens is 1. The van der Waals surface area contributed by atoms with Crippen LogP contribution >= 0.6 is 11.6 Å². The Labute approximate surface area is 136 Å². The van der Waals surface area contributed by atoms with Gasteiger partial charge in [-0.2, -0.15) is 0 Å². The first kappa shape index (κ1) is 16.6. The van der Waals surface area contributed by atoms with E-state index >= 15 is 0 Å². The standard InChI is InChI=1S/C17H21ClN2O2/c1-12-6-13(8-15(18)7-12)10-19-5-4-14-9-17(22-3)20-11-16(14)21-2/h6-9,11,19H,4-5,10H2,1-3H3. The molecule has 0 saturated carbocycles. The number of hydrogen-bond donors (Lipinski definition) is 1. The molecular weight excluding hydrogens is 300 g/mol. The van der Waals surface area contributed by atoms with Crippen LogP contribution in [0, 0.1) is 6.92 Å². The molecule has 0 radical (unpaired) electrons. The zero-order valence-electron chi connectivity index (χ0n) is 13.1. The van der Waals surface area contributed by atoms with Crippen molar-refractivity contribution in [3.05, 3.63) is 52.2 Å². The Balaban J connectivity index is 1.90. The van der Waals surface area contributed by atoms with Crippen molar-refractivity contribution in [3.63, 3.8) is 0 Å². The Morgan fingerprint density at radius 1 is 1.14 bits per heavy atom. The molecule has 0 spiro atoms. The van der Waals surface area contributed by atoms with Gasteiger partial charge in [0.05, 0.1) is 20.4 Å². The van der Waals surface area contributed by atoms with Crippen LogP contribution in [0.2, 0.25) is 5.02 Å². The van der Waals surface area contributed by atoms with Gasteiger partial charge < -0.3 is 14.8 Å². The fourth-order valence-corrected chi connectivity index (χ4v) is 2.64. The minimum atomic E-state index is 0.598. The van der Waals surface area contributed by atoms with Crippen molar-refractivity contribution in [3.8, 4) is 11.6 Å². The molecule has 0 bridgehead atoms. The summed E-state index contributed by atoms with van der Waals surface area (Å²) in [5.74, 6) is 1.38. The lowest BCUT2D eigenvalue weighted by Gasteiger charge is -2.11. The molecular formula is C17H21ClN2O2. The van der Waals surface area contributed by atoms with Crippen molar-refractivity contribution in [2.75, 3.05) is 20.8 Å². The highest BCUT2D eigenvalue weighted by Crippen LogP contribution is 2.21. The molecule has 0 amide bonds. The number of nitrogens with one attached hydrogen (secondary N) is 1. The Morgan fingerprint density at radius 2 is 1.95 bits per heavy atom. The maximum atomic E-state index is 6.07. The van der Waals surface area contributed by atoms with Gasteiger partial charge in [0.25, 0.3) is 0 Å². The Kier molecular flexibility index (Phi) is 6.04. The average molecular weight is 321 g/mol. The first-order valence-electron chi connectivity index (χ1n) is 7.16. The number of ether oxygens (including phenoxy) is 2. The second-order valence-corrected chi connectivity index (χ2v) is 5.54. The van der Waals surface area contributed by atoms with E-state index in [1.165, 1.54) is 11.1 Å². The van der Waals surface area contributed by atoms with Gasteiger partial charge in [0.2, 0.25) is 5.88 Å². The average Bonchev–Trinajstić information content (AvgIpc) is 2.50. The van der Waals surface area contributed by atoms with Crippen LogP contribution in [-0.2, 0) is 13.0 Å². The quantitative estimate of drug-likeness (QED) is 0.794. The minimum Gasteiger partial charge on any atom is -0.495 e. The van der Waals surface area contributed by atoms with Crippen LogP contribution in [0.3, 0.4) is 0 Å². The summed E-state index contributed by atoms with van der Waals surface area (Å²) in [6.07, 6.45) is 2.52. The molecule has 2 rings (SSSR count). The van der Waals surface area contributed by atoms with E-state index in [1.54, 1.807) is 20.4 Å². The molecule has 0 aliphatic rings. The first-order chi connectivity index (χ1) is 10.6. The molecule has 0 atom stereocenters. The molecule has 1 aromatic carbocycles. The van der Waals surface area contributed by atoms with Crippen LogP contribution in [0.15, 0.2) is 30.5 Å². The van der Waals surface area contributed by atoms with Crippen LogP contribution in [-0.4, -0.2) is 25.7 Å². The molecule has 118 valence electrons. The van der Waals surface area contributed by atoms with Crippen LogP contribution in [0.4, 0.5) is 0 Å². The summed E-state index contributed by atoms with van der Waals surface area (Å²) < 4.78 is 10.5. The van der Waals surface area contributed by atoms with E-state index in [2.05, 4.69) is 16.4 Å². The minimum absolute atomic E-state index is 0.598. The third kappa shape index (κ3) is 4.61. The van der Waals surface area contributed by atoms with Gasteiger partial charge in [0, 0.05) is 23.2 Å². The first-order valence-corrected chi connectivity index (χ1v) is 7.54. The van der Waals surface area contributed by atoms with Crippen molar-refractivity contribution in [2.24, 2.45) is 0 Å². The van der Waals surface area contributed by atoms with E-state index in [-0.39, 0.29) is 0 Å². The van der Waals surface area contributed by atoms with E-state index in [4.69, 9.17) is 21.1 Å². The van der Waals surface area contributed by atoms with E-state index in [0.29, 0.717) is 5.88 Å². The number of methoxy groups -OCH3 is 2. The monoisotopic (exact) mass is 320 g/mol. The molecule has 1 N–H and O–H groups in total. The molecule has 0 unspecified atom stereocenters. The van der Waals surface area contributed by atoms with E-state index < -0.39 is 0 Å². The second-order valence-electron chi connectivity index (χ2n) is 5.10. The summed E-state index contributed by atoms with van der Waals surface area (Å²) in [6.45, 7) is 3.66. The van der Waals surface area contributed by atoms with Crippen molar-refractivity contribution in [2.45, 2.75) is 19.9 Å². The van der Waals surface area contributed by atoms with Crippen LogP contribution in [0.5, 0.6) is 11.6 Å². The van der Waals surface area contributed by atoms with Gasteiger partial charge in [0.1, 0.15) is 5.75 Å². The zero-order chi connectivity index (χ0) is 15.9. The smallest absolute Gasteiger partial charge is 0.213 e. The molecule has 5 heteroatoms. The Bertz CT molecular complexity index is 612. The lowest BCUT2D eigenvalue weighted by atomic mass is 10.1. The van der Waals surface area contributed by atoms with Gasteiger partial charge in [-0.3, -0.25) is 0 Å². The highest BCUT2D eigenvalue weighted by atomic mass is 35.5. The lowest BCUT2D eigenvalue weighted by Crippen LogP contribution is -2.17. The fourth-order valence-electron chi connectivity index (χ4n) is 2.32. The van der Waals surface area contributed by atoms with Crippen LogP contribution in [0.25, 0.3) is 0 Å². The second kappa shape index (κ2) is 8.01. The lowest BCUT2D eigenvalue weighted by molar-refractivity contribution is 0.384. The summed E-state index contributed by atoms with van der Waals surface area (Å²) in [5.41, 5.74) is 3.43. The van der Waals surface area contributed by atoms with Gasteiger partial charge in [-0.25, -0.2) is 4.98 Å². The molecule has 0 saturated heterocycles. The third-order valence-electron chi connectivity index (χ3n) is 3.35. The largest absolute Gasteiger partial charge is 0.495 e. The van der Waals surface area contributed by atoms with Crippen molar-refractivity contribution in [1.82, 2.24) is 10.3 Å². The number of rotatable bonds is 7. The van der Waals surface area contributed by atoms with Gasteiger partial charge in [-0.05, 0) is 43.1 Å². The normalized spacial score (nSPS) is 10.5. The highest BCUT2D eigenvalue weighted by molar-refractivity contribution is 6.30. The van der Waals surface area contributed by atoms with Crippen molar-refractivity contribution >= 4 is 11.6 Å². The zero-order valence-corrected chi connectivity index (χ0v) is 13.9. The SMILES string of the molecule is COc1cc(CCNCc2cc(C)cc(Cl)c2)c(OC)cn1. The molecule has 1 aromatic heterocycles. The molecule has 22 heavy (non-hydrogen) atoms. The van der Waals surface area contributed by atoms with E-state index in [1.807, 2.05) is 25.1 Å². The number of pyridine rings is 1. The Morgan fingerprint density at radius 3 is 2.64 bits per heavy atom. The number of benzene rings is 1. The molecule has 4 nitrogen and oxygen atoms in total. The molecule has 1 heterocycles. The van der Waals surface area contributed by atoms with Gasteiger partial charge in [-0.15, -0.1) is 0 Å². The number of aryl methyl sites for hydroxylation is 1. The topological polar surface area (TPSA) is 43.4 Å². The fraction of sp³-hybridized carbons (Fsp3) is 0.353. The highest BCUT2D eigenvalue weighted by Gasteiger charge is 2.06. The molecule has 0 aliphatic carbocycles. The maximum absolute atomic E-state index is 6.07. The number of hydrogen-bond acceptors (Lipinski definition) is 4. The van der Waals surface area contributed by atoms with Crippen molar-refractivity contribution in [1.29, 1.82) is 0 Å². The summed E-state index contributed by atoms with van der Waals surface area (Å²) in [6, 6.07) is 7.98. The molecule has 0 fully saturated rings. The predicted molar refractivity (Wildman–Crippen MR) is 88.9 cm³/mol. The summed E-state index contributed by atoms with van der Waals surface area (Å²) in [4.78, 5) is 4.14. The van der Waals surface area contributed by atoms with Crippen LogP contribution < -0.4 is 14.8 Å². The predicted octanol–water partition coefficient (Wildman–Crippen LogP) is 3.39. The third-order valence-corrected chi connectivity index (χ3v) is 3.57. The summed E-state index contributed by atoms with van der Waals surface area (Å²) in [7, 11) is 3.26. The number of nitrogens with zero attached hydrogens (tertiary/aromatic N) is 1. The van der Waals surface area contributed by atoms with Gasteiger partial charge in [-0.1, -0.05) is 17.7 Å². The summed E-state index contributed by atoms with van der Waals surface area (Å²) >= 11 is 6.07. The van der Waals surface area contributed by atoms with Crippen LogP contribution in [0.1, 0.15) is 16.7 Å². The van der Waals surface area contributed by atoms with E-state index in [0.717, 1.165) is 35.8 Å². The van der Waals surface area contributed by atoms with Gasteiger partial charge in [0.15, 0.2) is 0 Å². The van der Waals surface area contributed by atoms with Gasteiger partial charge >= 0.3 is 0 Å². The Hall–Kier alpha value is -1.78. The maximum Gasteiger partial charge on any atom is 0.213 e. The number of aromatic nitrogens is 1. The van der Waals surface area contributed by atoms with Crippen molar-refractivity contribution < 1.29 is 9.47 Å². The molecule has 2 aromatic rings. The molecule has 0 aliphatic heterocycles.